The number of piperidine rings is 1. The van der Waals surface area contributed by atoms with Crippen LogP contribution in [-0.2, 0) is 16.6 Å². The maximum Gasteiger partial charge on any atom is 0.257 e. The van der Waals surface area contributed by atoms with Crippen LogP contribution in [0.2, 0.25) is 0 Å². The molecule has 0 aromatic carbocycles. The summed E-state index contributed by atoms with van der Waals surface area (Å²) in [6.45, 7) is 3.58. The highest BCUT2D eigenvalue weighted by atomic mass is 16.5. The van der Waals surface area contributed by atoms with E-state index in [9.17, 15) is 9.59 Å². The Balaban J connectivity index is 1.59. The number of likely N-dealkylation sites (tertiary alicyclic amines) is 1. The first-order valence-electron chi connectivity index (χ1n) is 8.16. The van der Waals surface area contributed by atoms with Gasteiger partial charge in [0, 0.05) is 45.9 Å². The largest absolute Gasteiger partial charge is 0.375 e. The summed E-state index contributed by atoms with van der Waals surface area (Å²) < 4.78 is 7.69. The molecule has 7 heteroatoms. The molecule has 7 nitrogen and oxygen atoms in total. The molecule has 1 N–H and O–H groups in total. The molecule has 0 bridgehead atoms. The lowest BCUT2D eigenvalue weighted by Gasteiger charge is -2.46. The second-order valence-electron chi connectivity index (χ2n) is 6.62. The predicted molar refractivity (Wildman–Crippen MR) is 83.9 cm³/mol. The zero-order chi connectivity index (χ0) is 16.4. The van der Waals surface area contributed by atoms with Crippen molar-refractivity contribution in [2.24, 2.45) is 7.05 Å². The Bertz CT molecular complexity index is 590. The Morgan fingerprint density at radius 3 is 2.74 bits per heavy atom. The average Bonchev–Trinajstić information content (AvgIpc) is 2.93. The number of aromatic nitrogens is 2. The molecule has 2 aliphatic rings. The van der Waals surface area contributed by atoms with E-state index >= 15 is 0 Å². The van der Waals surface area contributed by atoms with Crippen LogP contribution < -0.4 is 5.32 Å². The molecule has 2 saturated heterocycles. The van der Waals surface area contributed by atoms with Gasteiger partial charge in [0.05, 0.1) is 17.4 Å². The lowest BCUT2D eigenvalue weighted by Crippen LogP contribution is -2.54. The molecule has 0 radical (unpaired) electrons. The van der Waals surface area contributed by atoms with Crippen molar-refractivity contribution in [3.63, 3.8) is 0 Å². The number of aryl methyl sites for hydroxylation is 1. The molecule has 0 aliphatic carbocycles. The third kappa shape index (κ3) is 3.55. The first kappa shape index (κ1) is 16.0. The second-order valence-corrected chi connectivity index (χ2v) is 6.62. The Morgan fingerprint density at radius 1 is 1.39 bits per heavy atom. The molecule has 1 atom stereocenters. The van der Waals surface area contributed by atoms with Gasteiger partial charge >= 0.3 is 0 Å². The third-order valence-electron chi connectivity index (χ3n) is 4.81. The van der Waals surface area contributed by atoms with E-state index in [1.165, 1.54) is 0 Å². The van der Waals surface area contributed by atoms with Crippen LogP contribution in [-0.4, -0.2) is 57.8 Å². The van der Waals surface area contributed by atoms with E-state index in [2.05, 4.69) is 10.4 Å². The van der Waals surface area contributed by atoms with E-state index in [4.69, 9.17) is 4.74 Å². The molecule has 1 aromatic heterocycles. The normalized spacial score (nSPS) is 23.7. The number of hydrogen-bond acceptors (Lipinski definition) is 4. The van der Waals surface area contributed by atoms with E-state index in [1.54, 1.807) is 31.0 Å². The summed E-state index contributed by atoms with van der Waals surface area (Å²) >= 11 is 0. The molecule has 3 heterocycles. The average molecular weight is 320 g/mol. The van der Waals surface area contributed by atoms with E-state index in [0.29, 0.717) is 25.3 Å². The summed E-state index contributed by atoms with van der Waals surface area (Å²) in [7, 11) is 1.81. The molecular weight excluding hydrogens is 296 g/mol. The van der Waals surface area contributed by atoms with Crippen molar-refractivity contribution in [3.05, 3.63) is 18.0 Å². The van der Waals surface area contributed by atoms with Gasteiger partial charge in [-0.3, -0.25) is 14.3 Å². The van der Waals surface area contributed by atoms with Crippen LogP contribution in [0, 0.1) is 0 Å². The molecular formula is C16H24N4O3. The summed E-state index contributed by atoms with van der Waals surface area (Å²) in [5.74, 6) is 0.0402. The van der Waals surface area contributed by atoms with Crippen LogP contribution in [0.15, 0.2) is 12.4 Å². The minimum absolute atomic E-state index is 0.0104. The third-order valence-corrected chi connectivity index (χ3v) is 4.81. The molecule has 2 fully saturated rings. The number of nitrogens with zero attached hydrogens (tertiary/aromatic N) is 3. The fraction of sp³-hybridized carbons (Fsp3) is 0.688. The zero-order valence-electron chi connectivity index (χ0n) is 13.7. The van der Waals surface area contributed by atoms with E-state index in [-0.39, 0.29) is 23.5 Å². The van der Waals surface area contributed by atoms with Gasteiger partial charge in [-0.2, -0.15) is 5.10 Å². The quantitative estimate of drug-likeness (QED) is 0.871. The number of carbonyl (C=O) groups is 2. The first-order chi connectivity index (χ1) is 11.0. The zero-order valence-corrected chi connectivity index (χ0v) is 13.7. The highest BCUT2D eigenvalue weighted by molar-refractivity contribution is 5.93. The standard InChI is InChI=1S/C16H24N4O3/c1-12(21)18-14-3-8-23-16(9-14)4-6-20(7-5-16)15(22)13-10-17-19(2)11-13/h10-11,14H,3-9H2,1-2H3,(H,18,21). The topological polar surface area (TPSA) is 76.5 Å². The van der Waals surface area contributed by atoms with Gasteiger partial charge in [0.2, 0.25) is 5.91 Å². The van der Waals surface area contributed by atoms with Gasteiger partial charge in [-0.05, 0) is 25.7 Å². The number of carbonyl (C=O) groups excluding carboxylic acids is 2. The Morgan fingerprint density at radius 2 is 2.13 bits per heavy atom. The van der Waals surface area contributed by atoms with E-state index in [0.717, 1.165) is 25.7 Å². The van der Waals surface area contributed by atoms with Crippen molar-refractivity contribution in [1.82, 2.24) is 20.0 Å². The van der Waals surface area contributed by atoms with Crippen molar-refractivity contribution in [1.29, 1.82) is 0 Å². The number of amides is 2. The van der Waals surface area contributed by atoms with E-state index < -0.39 is 0 Å². The molecule has 1 spiro atoms. The number of hydrogen-bond donors (Lipinski definition) is 1. The van der Waals surface area contributed by atoms with Gasteiger partial charge in [0.25, 0.3) is 5.91 Å². The van der Waals surface area contributed by atoms with Crippen molar-refractivity contribution < 1.29 is 14.3 Å². The lowest BCUT2D eigenvalue weighted by molar-refractivity contribution is -0.128. The highest BCUT2D eigenvalue weighted by Crippen LogP contribution is 2.35. The lowest BCUT2D eigenvalue weighted by atomic mass is 9.82. The van der Waals surface area contributed by atoms with Crippen molar-refractivity contribution in [3.8, 4) is 0 Å². The monoisotopic (exact) mass is 320 g/mol. The van der Waals surface area contributed by atoms with Gasteiger partial charge in [0.1, 0.15) is 0 Å². The molecule has 2 amide bonds. The number of rotatable bonds is 2. The highest BCUT2D eigenvalue weighted by Gasteiger charge is 2.41. The Kier molecular flexibility index (Phi) is 4.39. The fourth-order valence-corrected chi connectivity index (χ4v) is 3.62. The number of ether oxygens (including phenoxy) is 1. The van der Waals surface area contributed by atoms with Gasteiger partial charge in [-0.25, -0.2) is 0 Å². The second kappa shape index (κ2) is 6.31. The van der Waals surface area contributed by atoms with Crippen LogP contribution >= 0.6 is 0 Å². The molecule has 126 valence electrons. The SMILES string of the molecule is CC(=O)NC1CCOC2(CCN(C(=O)c3cnn(C)c3)CC2)C1. The number of nitrogens with one attached hydrogen (secondary N) is 1. The van der Waals surface area contributed by atoms with Gasteiger partial charge in [0.15, 0.2) is 0 Å². The minimum Gasteiger partial charge on any atom is -0.375 e. The Labute approximate surface area is 136 Å². The van der Waals surface area contributed by atoms with Crippen LogP contribution in [0.4, 0.5) is 0 Å². The van der Waals surface area contributed by atoms with Crippen LogP contribution in [0.25, 0.3) is 0 Å². The van der Waals surface area contributed by atoms with Crippen molar-refractivity contribution in [2.75, 3.05) is 19.7 Å². The van der Waals surface area contributed by atoms with Gasteiger partial charge in [-0.15, -0.1) is 0 Å². The summed E-state index contributed by atoms with van der Waals surface area (Å²) in [5.41, 5.74) is 0.431. The smallest absolute Gasteiger partial charge is 0.257 e. The molecule has 0 saturated carbocycles. The van der Waals surface area contributed by atoms with Gasteiger partial charge in [-0.1, -0.05) is 0 Å². The van der Waals surface area contributed by atoms with Crippen molar-refractivity contribution in [2.45, 2.75) is 44.2 Å². The first-order valence-corrected chi connectivity index (χ1v) is 8.16. The molecule has 1 unspecified atom stereocenters. The van der Waals surface area contributed by atoms with Crippen molar-refractivity contribution >= 4 is 11.8 Å². The summed E-state index contributed by atoms with van der Waals surface area (Å²) in [4.78, 5) is 25.6. The van der Waals surface area contributed by atoms with Crippen LogP contribution in [0.1, 0.15) is 43.0 Å². The van der Waals surface area contributed by atoms with Crippen LogP contribution in [0.3, 0.4) is 0 Å². The minimum atomic E-state index is -0.197. The molecule has 23 heavy (non-hydrogen) atoms. The molecule has 3 rings (SSSR count). The van der Waals surface area contributed by atoms with Gasteiger partial charge < -0.3 is 15.0 Å². The van der Waals surface area contributed by atoms with Crippen LogP contribution in [0.5, 0.6) is 0 Å². The molecule has 2 aliphatic heterocycles. The predicted octanol–water partition coefficient (Wildman–Crippen LogP) is 0.710. The summed E-state index contributed by atoms with van der Waals surface area (Å²) in [6.07, 6.45) is 6.68. The Hall–Kier alpha value is -1.89. The summed E-state index contributed by atoms with van der Waals surface area (Å²) in [5, 5.41) is 7.06. The van der Waals surface area contributed by atoms with E-state index in [1.807, 2.05) is 4.90 Å². The molecule has 1 aromatic rings. The summed E-state index contributed by atoms with van der Waals surface area (Å²) in [6, 6.07) is 0.182. The maximum absolute atomic E-state index is 12.5. The fourth-order valence-electron chi connectivity index (χ4n) is 3.62. The maximum atomic E-state index is 12.5.